The van der Waals surface area contributed by atoms with Gasteiger partial charge in [-0.15, -0.1) is 23.5 Å². The summed E-state index contributed by atoms with van der Waals surface area (Å²) < 4.78 is 0. The van der Waals surface area contributed by atoms with E-state index in [1.807, 2.05) is 13.0 Å². The second kappa shape index (κ2) is 11.3. The van der Waals surface area contributed by atoms with Crippen LogP contribution in [0, 0.1) is 5.92 Å². The van der Waals surface area contributed by atoms with Gasteiger partial charge < -0.3 is 15.7 Å². The number of anilines is 2. The molecule has 0 saturated carbocycles. The first-order valence-corrected chi connectivity index (χ1v) is 12.6. The smallest absolute Gasteiger partial charge is 0.304 e. The average Bonchev–Trinajstić information content (AvgIpc) is 2.82. The van der Waals surface area contributed by atoms with Gasteiger partial charge in [-0.3, -0.25) is 24.0 Å². The van der Waals surface area contributed by atoms with E-state index in [1.54, 1.807) is 37.3 Å². The molecule has 1 unspecified atom stereocenters. The number of hydrogen-bond donors (Lipinski definition) is 3. The molecule has 178 valence electrons. The maximum absolute atomic E-state index is 12.1. The molecule has 0 aromatic heterocycles. The number of nitrogens with one attached hydrogen (secondary N) is 2. The van der Waals surface area contributed by atoms with E-state index in [4.69, 9.17) is 5.11 Å². The van der Waals surface area contributed by atoms with E-state index in [0.29, 0.717) is 29.2 Å². The topological polar surface area (TPSA) is 130 Å². The predicted molar refractivity (Wildman–Crippen MR) is 132 cm³/mol. The lowest BCUT2D eigenvalue weighted by molar-refractivity contribution is -0.137. The molecule has 2 amide bonds. The molecule has 2 aliphatic heterocycles. The molecule has 8 nitrogen and oxygen atoms in total. The number of rotatable bonds is 6. The summed E-state index contributed by atoms with van der Waals surface area (Å²) in [6, 6.07) is 10.4. The molecule has 2 aromatic rings. The van der Waals surface area contributed by atoms with Crippen molar-refractivity contribution in [3.05, 3.63) is 47.5 Å². The Morgan fingerprint density at radius 2 is 1.41 bits per heavy atom. The number of amides is 2. The third-order valence-electron chi connectivity index (χ3n) is 5.08. The van der Waals surface area contributed by atoms with Crippen LogP contribution in [0.2, 0.25) is 0 Å². The lowest BCUT2D eigenvalue weighted by atomic mass is 9.96. The molecule has 1 atom stereocenters. The fourth-order valence-corrected chi connectivity index (χ4v) is 5.01. The van der Waals surface area contributed by atoms with Gasteiger partial charge in [0.15, 0.2) is 11.6 Å². The number of aliphatic carboxylic acids is 1. The van der Waals surface area contributed by atoms with Crippen molar-refractivity contribution in [2.45, 2.75) is 36.5 Å². The first-order chi connectivity index (χ1) is 16.2. The Bertz CT molecular complexity index is 1160. The van der Waals surface area contributed by atoms with Crippen LogP contribution in [0.4, 0.5) is 11.4 Å². The minimum absolute atomic E-state index is 0.0158. The van der Waals surface area contributed by atoms with Crippen LogP contribution in [0.5, 0.6) is 0 Å². The van der Waals surface area contributed by atoms with Crippen LogP contribution in [0.1, 0.15) is 47.4 Å². The summed E-state index contributed by atoms with van der Waals surface area (Å²) in [5.41, 5.74) is 2.71. The van der Waals surface area contributed by atoms with Crippen molar-refractivity contribution in [2.75, 3.05) is 22.1 Å². The monoisotopic (exact) mass is 500 g/mol. The van der Waals surface area contributed by atoms with E-state index in [9.17, 15) is 24.0 Å². The number of carbonyl (C=O) groups excluding carboxylic acids is 4. The van der Waals surface area contributed by atoms with Gasteiger partial charge in [0, 0.05) is 33.3 Å². The summed E-state index contributed by atoms with van der Waals surface area (Å²) in [4.78, 5) is 58.3. The Morgan fingerprint density at radius 1 is 0.912 bits per heavy atom. The number of ketones is 2. The number of benzene rings is 2. The standard InChI is InChI=1S/C13H13NO4S.C11H11NO2S/c1-7(4-12(16)17)13(18)8-2-3-9-10(5-8)19-6-11(15)14-9;1-2-9(13)7-3-4-8-10(5-7)15-6-11(14)12-8/h2-3,5,7H,4,6H2,1H3,(H,14,15)(H,16,17);3-5H,2,6H2,1H3,(H,12,14). The molecule has 34 heavy (non-hydrogen) atoms. The summed E-state index contributed by atoms with van der Waals surface area (Å²) in [5.74, 6) is -0.887. The highest BCUT2D eigenvalue weighted by Crippen LogP contribution is 2.33. The number of hydrogen-bond acceptors (Lipinski definition) is 7. The van der Waals surface area contributed by atoms with Crippen molar-refractivity contribution < 1.29 is 29.1 Å². The number of Topliss-reactive ketones (excluding diaryl/α,β-unsaturated/α-hetero) is 2. The van der Waals surface area contributed by atoms with Gasteiger partial charge in [0.25, 0.3) is 0 Å². The Kier molecular flexibility index (Phi) is 8.51. The highest BCUT2D eigenvalue weighted by atomic mass is 32.2. The lowest BCUT2D eigenvalue weighted by Gasteiger charge is -2.17. The van der Waals surface area contributed by atoms with Gasteiger partial charge in [0.2, 0.25) is 11.8 Å². The van der Waals surface area contributed by atoms with Crippen LogP contribution >= 0.6 is 23.5 Å². The molecule has 0 radical (unpaired) electrons. The molecule has 10 heteroatoms. The number of carboxylic acid groups (broad SMARTS) is 1. The highest BCUT2D eigenvalue weighted by molar-refractivity contribution is 8.00. The van der Waals surface area contributed by atoms with Crippen molar-refractivity contribution in [2.24, 2.45) is 5.92 Å². The molecular formula is C24H24N2O6S2. The number of carboxylic acids is 1. The average molecular weight is 501 g/mol. The summed E-state index contributed by atoms with van der Waals surface area (Å²) in [5, 5.41) is 14.2. The molecule has 0 bridgehead atoms. The largest absolute Gasteiger partial charge is 0.481 e. The van der Waals surface area contributed by atoms with E-state index in [1.165, 1.54) is 23.5 Å². The normalized spacial score (nSPS) is 14.9. The lowest BCUT2D eigenvalue weighted by Crippen LogP contribution is -2.20. The van der Waals surface area contributed by atoms with E-state index < -0.39 is 11.9 Å². The van der Waals surface area contributed by atoms with Crippen molar-refractivity contribution in [3.8, 4) is 0 Å². The Hall–Kier alpha value is -3.11. The van der Waals surface area contributed by atoms with Crippen LogP contribution in [0.15, 0.2) is 46.2 Å². The van der Waals surface area contributed by atoms with Crippen molar-refractivity contribution in [1.82, 2.24) is 0 Å². The van der Waals surface area contributed by atoms with Crippen molar-refractivity contribution in [3.63, 3.8) is 0 Å². The van der Waals surface area contributed by atoms with Crippen LogP contribution in [-0.4, -0.2) is 46.0 Å². The predicted octanol–water partition coefficient (Wildman–Crippen LogP) is 4.35. The second-order valence-corrected chi connectivity index (χ2v) is 9.77. The summed E-state index contributed by atoms with van der Waals surface area (Å²) in [6.45, 7) is 3.45. The number of carbonyl (C=O) groups is 5. The van der Waals surface area contributed by atoms with Crippen LogP contribution in [0.3, 0.4) is 0 Å². The fraction of sp³-hybridized carbons (Fsp3) is 0.292. The molecule has 4 rings (SSSR count). The molecule has 2 heterocycles. The minimum Gasteiger partial charge on any atom is -0.481 e. The summed E-state index contributed by atoms with van der Waals surface area (Å²) in [6.07, 6.45) is 0.329. The SMILES string of the molecule is CC(CC(=O)O)C(=O)c1ccc2c(c1)SCC(=O)N2.CCC(=O)c1ccc2c(c1)SCC(=O)N2. The third-order valence-corrected chi connectivity index (χ3v) is 7.20. The van der Waals surface area contributed by atoms with Gasteiger partial charge in [-0.05, 0) is 36.4 Å². The number of thioether (sulfide) groups is 2. The van der Waals surface area contributed by atoms with Gasteiger partial charge in [-0.25, -0.2) is 0 Å². The Balaban J connectivity index is 0.000000196. The minimum atomic E-state index is -0.986. The molecule has 0 aliphatic carbocycles. The first kappa shape index (κ1) is 25.5. The van der Waals surface area contributed by atoms with Crippen molar-refractivity contribution in [1.29, 1.82) is 0 Å². The van der Waals surface area contributed by atoms with Crippen molar-refractivity contribution >= 4 is 64.2 Å². The zero-order valence-corrected chi connectivity index (χ0v) is 20.3. The van der Waals surface area contributed by atoms with E-state index in [2.05, 4.69) is 10.6 Å². The van der Waals surface area contributed by atoms with Gasteiger partial charge in [-0.1, -0.05) is 13.8 Å². The van der Waals surface area contributed by atoms with Gasteiger partial charge in [0.1, 0.15) is 0 Å². The summed E-state index contributed by atoms with van der Waals surface area (Å²) in [7, 11) is 0. The van der Waals surface area contributed by atoms with E-state index >= 15 is 0 Å². The van der Waals surface area contributed by atoms with E-state index in [0.717, 1.165) is 21.0 Å². The molecule has 2 aliphatic rings. The Morgan fingerprint density at radius 3 is 1.91 bits per heavy atom. The molecule has 2 aromatic carbocycles. The molecule has 3 N–H and O–H groups in total. The maximum Gasteiger partial charge on any atom is 0.304 e. The van der Waals surface area contributed by atoms with E-state index in [-0.39, 0.29) is 29.8 Å². The zero-order valence-electron chi connectivity index (χ0n) is 18.7. The third kappa shape index (κ3) is 6.48. The number of fused-ring (bicyclic) bond motifs is 2. The highest BCUT2D eigenvalue weighted by Gasteiger charge is 2.21. The molecule has 0 fully saturated rings. The maximum atomic E-state index is 12.1. The fourth-order valence-electron chi connectivity index (χ4n) is 3.32. The first-order valence-electron chi connectivity index (χ1n) is 10.6. The van der Waals surface area contributed by atoms with Crippen LogP contribution < -0.4 is 10.6 Å². The molecular weight excluding hydrogens is 476 g/mol. The molecule has 0 saturated heterocycles. The van der Waals surface area contributed by atoms with Crippen LogP contribution in [0.25, 0.3) is 0 Å². The van der Waals surface area contributed by atoms with Gasteiger partial charge in [-0.2, -0.15) is 0 Å². The Labute approximate surface area is 205 Å². The molecule has 0 spiro atoms. The summed E-state index contributed by atoms with van der Waals surface area (Å²) >= 11 is 2.85. The second-order valence-electron chi connectivity index (χ2n) is 7.74. The quantitative estimate of drug-likeness (QED) is 0.499. The van der Waals surface area contributed by atoms with Gasteiger partial charge >= 0.3 is 5.97 Å². The van der Waals surface area contributed by atoms with Crippen LogP contribution in [-0.2, 0) is 14.4 Å². The zero-order chi connectivity index (χ0) is 24.8. The van der Waals surface area contributed by atoms with Gasteiger partial charge in [0.05, 0.1) is 29.3 Å².